The number of benzene rings is 2. The van der Waals surface area contributed by atoms with E-state index in [-0.39, 0.29) is 17.9 Å². The lowest BCUT2D eigenvalue weighted by Crippen LogP contribution is -2.49. The number of fused-ring (bicyclic) bond motifs is 1. The predicted molar refractivity (Wildman–Crippen MR) is 115 cm³/mol. The number of hydrogen-bond donors (Lipinski definition) is 1. The van der Waals surface area contributed by atoms with E-state index >= 15 is 0 Å². The Morgan fingerprint density at radius 2 is 1.93 bits per heavy atom. The highest BCUT2D eigenvalue weighted by Crippen LogP contribution is 2.30. The molecular formula is C23H28ClN3O2. The van der Waals surface area contributed by atoms with Crippen LogP contribution in [-0.4, -0.2) is 62.1 Å². The topological polar surface area (TPSA) is 44.8 Å². The van der Waals surface area contributed by atoms with Crippen molar-refractivity contribution in [2.75, 3.05) is 46.4 Å². The van der Waals surface area contributed by atoms with Crippen molar-refractivity contribution in [3.05, 3.63) is 64.7 Å². The van der Waals surface area contributed by atoms with E-state index in [1.807, 2.05) is 36.4 Å². The highest BCUT2D eigenvalue weighted by atomic mass is 35.5. The second kappa shape index (κ2) is 9.16. The van der Waals surface area contributed by atoms with Crippen molar-refractivity contribution in [1.29, 1.82) is 0 Å². The number of ether oxygens (including phenoxy) is 1. The summed E-state index contributed by atoms with van der Waals surface area (Å²) in [5.41, 5.74) is 2.14. The largest absolute Gasteiger partial charge is 0.492 e. The number of halogens is 1. The first-order valence-corrected chi connectivity index (χ1v) is 10.6. The standard InChI is InChI=1S/C23H28ClN3O2/c1-26-9-11-27(12-10-26)15-21(17-5-3-2-4-6-17)25-23(28)19-13-18-14-20(24)7-8-22(18)29-16-19/h2-8,14,19,21H,9-13,15-16H2,1H3,(H,25,28). The van der Waals surface area contributed by atoms with Crippen LogP contribution in [0, 0.1) is 5.92 Å². The normalized spacial score (nSPS) is 21.1. The van der Waals surface area contributed by atoms with Crippen molar-refractivity contribution in [2.24, 2.45) is 5.92 Å². The van der Waals surface area contributed by atoms with Gasteiger partial charge in [0.1, 0.15) is 12.4 Å². The van der Waals surface area contributed by atoms with Crippen LogP contribution in [0.25, 0.3) is 0 Å². The number of carbonyl (C=O) groups excluding carboxylic acids is 1. The van der Waals surface area contributed by atoms with Crippen molar-refractivity contribution in [3.8, 4) is 5.75 Å². The van der Waals surface area contributed by atoms with E-state index in [9.17, 15) is 4.79 Å². The molecule has 2 aliphatic heterocycles. The van der Waals surface area contributed by atoms with Gasteiger partial charge in [-0.1, -0.05) is 41.9 Å². The minimum Gasteiger partial charge on any atom is -0.492 e. The van der Waals surface area contributed by atoms with Crippen LogP contribution >= 0.6 is 11.6 Å². The van der Waals surface area contributed by atoms with Crippen LogP contribution < -0.4 is 10.1 Å². The van der Waals surface area contributed by atoms with Gasteiger partial charge >= 0.3 is 0 Å². The predicted octanol–water partition coefficient (Wildman–Crippen LogP) is 3.00. The molecule has 154 valence electrons. The summed E-state index contributed by atoms with van der Waals surface area (Å²) in [6.45, 7) is 5.38. The number of nitrogens with zero attached hydrogens (tertiary/aromatic N) is 2. The Kier molecular flexibility index (Phi) is 6.38. The zero-order chi connectivity index (χ0) is 20.2. The van der Waals surface area contributed by atoms with E-state index < -0.39 is 0 Å². The number of rotatable bonds is 5. The van der Waals surface area contributed by atoms with Gasteiger partial charge in [-0.15, -0.1) is 0 Å². The Labute approximate surface area is 177 Å². The van der Waals surface area contributed by atoms with Gasteiger partial charge in [-0.05, 0) is 42.8 Å². The number of carbonyl (C=O) groups is 1. The molecule has 4 rings (SSSR count). The average molecular weight is 414 g/mol. The Hall–Kier alpha value is -2.08. The summed E-state index contributed by atoms with van der Waals surface area (Å²) in [5.74, 6) is 0.661. The van der Waals surface area contributed by atoms with E-state index in [2.05, 4.69) is 34.3 Å². The zero-order valence-electron chi connectivity index (χ0n) is 16.8. The third-order valence-electron chi connectivity index (χ3n) is 5.85. The summed E-state index contributed by atoms with van der Waals surface area (Å²) in [5, 5.41) is 3.97. The van der Waals surface area contributed by atoms with Crippen LogP contribution in [0.1, 0.15) is 17.2 Å². The van der Waals surface area contributed by atoms with Crippen molar-refractivity contribution < 1.29 is 9.53 Å². The summed E-state index contributed by atoms with van der Waals surface area (Å²) >= 11 is 6.12. The number of amides is 1. The van der Waals surface area contributed by atoms with Crippen LogP contribution in [0.3, 0.4) is 0 Å². The quantitative estimate of drug-likeness (QED) is 0.818. The van der Waals surface area contributed by atoms with Crippen molar-refractivity contribution in [2.45, 2.75) is 12.5 Å². The van der Waals surface area contributed by atoms with Crippen LogP contribution in [0.2, 0.25) is 5.02 Å². The molecule has 1 saturated heterocycles. The summed E-state index contributed by atoms with van der Waals surface area (Å²) in [4.78, 5) is 17.9. The first-order valence-electron chi connectivity index (χ1n) is 10.3. The van der Waals surface area contributed by atoms with Crippen molar-refractivity contribution in [1.82, 2.24) is 15.1 Å². The molecule has 29 heavy (non-hydrogen) atoms. The fourth-order valence-corrected chi connectivity index (χ4v) is 4.22. The van der Waals surface area contributed by atoms with Gasteiger partial charge in [0.2, 0.25) is 5.91 Å². The molecule has 0 radical (unpaired) electrons. The Morgan fingerprint density at radius 1 is 1.17 bits per heavy atom. The van der Waals surface area contributed by atoms with Gasteiger partial charge in [-0.3, -0.25) is 9.69 Å². The maximum absolute atomic E-state index is 13.1. The average Bonchev–Trinajstić information content (AvgIpc) is 2.74. The first kappa shape index (κ1) is 20.2. The van der Waals surface area contributed by atoms with Crippen molar-refractivity contribution in [3.63, 3.8) is 0 Å². The molecule has 5 nitrogen and oxygen atoms in total. The molecule has 0 bridgehead atoms. The molecule has 2 aliphatic rings. The molecule has 0 saturated carbocycles. The van der Waals surface area contributed by atoms with E-state index in [0.29, 0.717) is 18.1 Å². The van der Waals surface area contributed by atoms with E-state index in [4.69, 9.17) is 16.3 Å². The number of hydrogen-bond acceptors (Lipinski definition) is 4. The summed E-state index contributed by atoms with van der Waals surface area (Å²) in [7, 11) is 2.15. The lowest BCUT2D eigenvalue weighted by atomic mass is 9.95. The van der Waals surface area contributed by atoms with E-state index in [1.54, 1.807) is 0 Å². The Balaban J connectivity index is 1.45. The lowest BCUT2D eigenvalue weighted by Gasteiger charge is -2.35. The van der Waals surface area contributed by atoms with Gasteiger partial charge in [0.05, 0.1) is 12.0 Å². The monoisotopic (exact) mass is 413 g/mol. The third-order valence-corrected chi connectivity index (χ3v) is 6.09. The third kappa shape index (κ3) is 5.10. The van der Waals surface area contributed by atoms with Gasteiger partial charge in [-0.25, -0.2) is 0 Å². The van der Waals surface area contributed by atoms with Gasteiger partial charge < -0.3 is 15.0 Å². The van der Waals surface area contributed by atoms with Gasteiger partial charge in [0, 0.05) is 37.7 Å². The van der Waals surface area contributed by atoms with Crippen LogP contribution in [0.5, 0.6) is 5.75 Å². The van der Waals surface area contributed by atoms with Crippen LogP contribution in [0.15, 0.2) is 48.5 Å². The number of likely N-dealkylation sites (N-methyl/N-ethyl adjacent to an activating group) is 1. The highest BCUT2D eigenvalue weighted by molar-refractivity contribution is 6.30. The van der Waals surface area contributed by atoms with Crippen molar-refractivity contribution >= 4 is 17.5 Å². The summed E-state index contributed by atoms with van der Waals surface area (Å²) in [6, 6.07) is 15.8. The molecule has 2 atom stereocenters. The molecule has 1 N–H and O–H groups in total. The lowest BCUT2D eigenvalue weighted by molar-refractivity contribution is -0.127. The van der Waals surface area contributed by atoms with E-state index in [1.165, 1.54) is 0 Å². The molecule has 1 amide bonds. The van der Waals surface area contributed by atoms with Crippen LogP contribution in [-0.2, 0) is 11.2 Å². The Bertz CT molecular complexity index is 837. The van der Waals surface area contributed by atoms with Crippen LogP contribution in [0.4, 0.5) is 0 Å². The maximum atomic E-state index is 13.1. The minimum atomic E-state index is -0.209. The number of nitrogens with one attached hydrogen (secondary N) is 1. The maximum Gasteiger partial charge on any atom is 0.227 e. The summed E-state index contributed by atoms with van der Waals surface area (Å²) in [6.07, 6.45) is 0.651. The first-order chi connectivity index (χ1) is 14.1. The Morgan fingerprint density at radius 3 is 2.69 bits per heavy atom. The van der Waals surface area contributed by atoms with Gasteiger partial charge in [0.25, 0.3) is 0 Å². The molecule has 0 aromatic heterocycles. The zero-order valence-corrected chi connectivity index (χ0v) is 17.6. The highest BCUT2D eigenvalue weighted by Gasteiger charge is 2.29. The molecule has 0 spiro atoms. The van der Waals surface area contributed by atoms with Gasteiger partial charge in [0.15, 0.2) is 0 Å². The molecule has 2 aromatic carbocycles. The molecule has 1 fully saturated rings. The second-order valence-corrected chi connectivity index (χ2v) is 8.48. The molecule has 0 aliphatic carbocycles. The SMILES string of the molecule is CN1CCN(CC(NC(=O)C2COc3ccc(Cl)cc3C2)c2ccccc2)CC1. The molecule has 2 heterocycles. The van der Waals surface area contributed by atoms with E-state index in [0.717, 1.165) is 49.6 Å². The number of piperazine rings is 1. The molecule has 6 heteroatoms. The minimum absolute atomic E-state index is 0.0344. The molecule has 2 aromatic rings. The summed E-state index contributed by atoms with van der Waals surface area (Å²) < 4.78 is 5.83. The fourth-order valence-electron chi connectivity index (χ4n) is 4.03. The second-order valence-electron chi connectivity index (χ2n) is 8.04. The smallest absolute Gasteiger partial charge is 0.227 e. The fraction of sp³-hybridized carbons (Fsp3) is 0.435. The molecular weight excluding hydrogens is 386 g/mol. The molecule has 2 unspecified atom stereocenters. The van der Waals surface area contributed by atoms with Gasteiger partial charge in [-0.2, -0.15) is 0 Å².